The second kappa shape index (κ2) is 7.24. The molecule has 2 amide bonds. The van der Waals surface area contributed by atoms with Crippen molar-refractivity contribution < 1.29 is 14.3 Å². The van der Waals surface area contributed by atoms with Crippen LogP contribution in [0.2, 0.25) is 0 Å². The van der Waals surface area contributed by atoms with Crippen molar-refractivity contribution >= 4 is 11.8 Å². The van der Waals surface area contributed by atoms with Crippen LogP contribution in [0.15, 0.2) is 0 Å². The lowest BCUT2D eigenvalue weighted by molar-refractivity contribution is -0.124. The fraction of sp³-hybridized carbons (Fsp3) is 0.818. The Bertz CT molecular complexity index is 267. The molecule has 1 aliphatic carbocycles. The lowest BCUT2D eigenvalue weighted by atomic mass is 10.2. The fourth-order valence-corrected chi connectivity index (χ4v) is 1.37. The molecule has 0 saturated heterocycles. The highest BCUT2D eigenvalue weighted by atomic mass is 16.5. The van der Waals surface area contributed by atoms with Gasteiger partial charge in [-0.1, -0.05) is 0 Å². The maximum absolute atomic E-state index is 11.3. The summed E-state index contributed by atoms with van der Waals surface area (Å²) in [5.74, 6) is -0.183. The van der Waals surface area contributed by atoms with Gasteiger partial charge in [0.25, 0.3) is 0 Å². The first-order valence-corrected chi connectivity index (χ1v) is 5.95. The third kappa shape index (κ3) is 6.23. The van der Waals surface area contributed by atoms with Gasteiger partial charge in [-0.25, -0.2) is 0 Å². The number of hydrogen-bond donors (Lipinski definition) is 3. The molecule has 4 N–H and O–H groups in total. The number of nitrogens with two attached hydrogens (primary N) is 1. The molecule has 1 fully saturated rings. The van der Waals surface area contributed by atoms with Gasteiger partial charge >= 0.3 is 0 Å². The highest BCUT2D eigenvalue weighted by Gasteiger charge is 2.22. The molecule has 1 saturated carbocycles. The minimum absolute atomic E-state index is 0.0583. The summed E-state index contributed by atoms with van der Waals surface area (Å²) in [6, 6.07) is -0.243. The quantitative estimate of drug-likeness (QED) is 0.483. The summed E-state index contributed by atoms with van der Waals surface area (Å²) in [6.07, 6.45) is 3.25. The van der Waals surface area contributed by atoms with Gasteiger partial charge in [0.05, 0.1) is 6.61 Å². The molecule has 0 aromatic heterocycles. The zero-order chi connectivity index (χ0) is 12.7. The second-order valence-electron chi connectivity index (χ2n) is 4.30. The van der Waals surface area contributed by atoms with Crippen LogP contribution in [-0.4, -0.2) is 44.2 Å². The van der Waals surface area contributed by atoms with Crippen LogP contribution in [0.5, 0.6) is 0 Å². The van der Waals surface area contributed by atoms with Crippen molar-refractivity contribution in [3.8, 4) is 0 Å². The van der Waals surface area contributed by atoms with Crippen molar-refractivity contribution in [2.75, 3.05) is 20.3 Å². The van der Waals surface area contributed by atoms with Crippen LogP contribution in [0, 0.1) is 0 Å². The molecule has 1 unspecified atom stereocenters. The van der Waals surface area contributed by atoms with Crippen LogP contribution in [0.3, 0.4) is 0 Å². The molecule has 1 aliphatic rings. The summed E-state index contributed by atoms with van der Waals surface area (Å²) in [7, 11) is 1.50. The van der Waals surface area contributed by atoms with Crippen LogP contribution in [0.4, 0.5) is 0 Å². The number of hydrogen-bond acceptors (Lipinski definition) is 4. The molecule has 17 heavy (non-hydrogen) atoms. The molecule has 6 nitrogen and oxygen atoms in total. The standard InChI is InChI=1S/C11H21N3O3/c1-17-7-9(12)11(16)13-6-2-3-10(15)14-8-4-5-8/h8-9H,2-7,12H2,1H3,(H,13,16)(H,14,15). The Hall–Kier alpha value is -1.14. The first kappa shape index (κ1) is 13.9. The van der Waals surface area contributed by atoms with Gasteiger partial charge in [-0.05, 0) is 19.3 Å². The molecule has 0 spiro atoms. The second-order valence-corrected chi connectivity index (χ2v) is 4.30. The summed E-state index contributed by atoms with van der Waals surface area (Å²) < 4.78 is 4.77. The fourth-order valence-electron chi connectivity index (χ4n) is 1.37. The van der Waals surface area contributed by atoms with Crippen molar-refractivity contribution in [1.29, 1.82) is 0 Å². The number of nitrogens with one attached hydrogen (secondary N) is 2. The molecule has 0 bridgehead atoms. The van der Waals surface area contributed by atoms with E-state index in [1.165, 1.54) is 7.11 Å². The third-order valence-electron chi connectivity index (χ3n) is 2.51. The van der Waals surface area contributed by atoms with Gasteiger partial charge in [-0.15, -0.1) is 0 Å². The SMILES string of the molecule is COCC(N)C(=O)NCCCC(=O)NC1CC1. The minimum atomic E-state index is -0.639. The topological polar surface area (TPSA) is 93.4 Å². The molecular formula is C11H21N3O3. The first-order chi connectivity index (χ1) is 8.13. The Morgan fingerprint density at radius 2 is 2.18 bits per heavy atom. The maximum Gasteiger partial charge on any atom is 0.239 e. The molecular weight excluding hydrogens is 222 g/mol. The molecule has 98 valence electrons. The summed E-state index contributed by atoms with van der Waals surface area (Å²) >= 11 is 0. The molecule has 1 atom stereocenters. The van der Waals surface area contributed by atoms with Crippen LogP contribution in [-0.2, 0) is 14.3 Å². The Morgan fingerprint density at radius 3 is 2.76 bits per heavy atom. The monoisotopic (exact) mass is 243 g/mol. The van der Waals surface area contributed by atoms with Gasteiger partial charge in [0.1, 0.15) is 6.04 Å². The van der Waals surface area contributed by atoms with Crippen molar-refractivity contribution in [3.63, 3.8) is 0 Å². The summed E-state index contributed by atoms with van der Waals surface area (Å²) in [5.41, 5.74) is 5.53. The lowest BCUT2D eigenvalue weighted by Gasteiger charge is -2.10. The molecule has 6 heteroatoms. The molecule has 0 aromatic carbocycles. The smallest absolute Gasteiger partial charge is 0.239 e. The number of rotatable bonds is 8. The van der Waals surface area contributed by atoms with Crippen molar-refractivity contribution in [3.05, 3.63) is 0 Å². The van der Waals surface area contributed by atoms with E-state index >= 15 is 0 Å². The highest BCUT2D eigenvalue weighted by Crippen LogP contribution is 2.18. The Labute approximate surface area is 101 Å². The van der Waals surface area contributed by atoms with Gasteiger partial charge in [-0.2, -0.15) is 0 Å². The first-order valence-electron chi connectivity index (χ1n) is 5.95. The van der Waals surface area contributed by atoms with Crippen LogP contribution in [0.1, 0.15) is 25.7 Å². The average molecular weight is 243 g/mol. The average Bonchev–Trinajstić information content (AvgIpc) is 3.08. The van der Waals surface area contributed by atoms with E-state index in [9.17, 15) is 9.59 Å². The largest absolute Gasteiger partial charge is 0.383 e. The predicted molar refractivity (Wildman–Crippen MR) is 63.3 cm³/mol. The van der Waals surface area contributed by atoms with Gasteiger partial charge in [0.2, 0.25) is 11.8 Å². The normalized spacial score (nSPS) is 16.4. The zero-order valence-electron chi connectivity index (χ0n) is 10.2. The van der Waals surface area contributed by atoms with E-state index in [0.717, 1.165) is 12.8 Å². The summed E-state index contributed by atoms with van der Waals surface area (Å²) in [4.78, 5) is 22.7. The van der Waals surface area contributed by atoms with E-state index in [-0.39, 0.29) is 18.4 Å². The number of amides is 2. The van der Waals surface area contributed by atoms with Crippen LogP contribution < -0.4 is 16.4 Å². The number of carbonyl (C=O) groups is 2. The van der Waals surface area contributed by atoms with Gasteiger partial charge < -0.3 is 21.1 Å². The predicted octanol–water partition coefficient (Wildman–Crippen LogP) is -0.865. The molecule has 0 heterocycles. The van der Waals surface area contributed by atoms with Gasteiger partial charge in [0.15, 0.2) is 0 Å². The summed E-state index contributed by atoms with van der Waals surface area (Å²) in [5, 5.41) is 5.56. The van der Waals surface area contributed by atoms with E-state index < -0.39 is 6.04 Å². The minimum Gasteiger partial charge on any atom is -0.383 e. The number of methoxy groups -OCH3 is 1. The molecule has 0 radical (unpaired) electrons. The van der Waals surface area contributed by atoms with Gasteiger partial charge in [-0.3, -0.25) is 9.59 Å². The maximum atomic E-state index is 11.3. The van der Waals surface area contributed by atoms with Crippen molar-refractivity contribution in [1.82, 2.24) is 10.6 Å². The Morgan fingerprint density at radius 1 is 1.47 bits per heavy atom. The van der Waals surface area contributed by atoms with Crippen molar-refractivity contribution in [2.24, 2.45) is 5.73 Å². The van der Waals surface area contributed by atoms with E-state index in [4.69, 9.17) is 10.5 Å². The van der Waals surface area contributed by atoms with E-state index in [1.807, 2.05) is 0 Å². The highest BCUT2D eigenvalue weighted by molar-refractivity contribution is 5.81. The number of carbonyl (C=O) groups excluding carboxylic acids is 2. The summed E-state index contributed by atoms with van der Waals surface area (Å²) in [6.45, 7) is 0.669. The number of ether oxygens (including phenoxy) is 1. The van der Waals surface area contributed by atoms with Gasteiger partial charge in [0, 0.05) is 26.1 Å². The molecule has 0 aliphatic heterocycles. The van der Waals surface area contributed by atoms with Crippen LogP contribution in [0.25, 0.3) is 0 Å². The van der Waals surface area contributed by atoms with E-state index in [0.29, 0.717) is 25.4 Å². The Balaban J connectivity index is 1.98. The zero-order valence-corrected chi connectivity index (χ0v) is 10.2. The Kier molecular flexibility index (Phi) is 5.93. The molecule has 1 rings (SSSR count). The van der Waals surface area contributed by atoms with Crippen LogP contribution >= 0.6 is 0 Å². The van der Waals surface area contributed by atoms with E-state index in [1.54, 1.807) is 0 Å². The van der Waals surface area contributed by atoms with Crippen molar-refractivity contribution in [2.45, 2.75) is 37.8 Å². The lowest BCUT2D eigenvalue weighted by Crippen LogP contribution is -2.43. The molecule has 0 aromatic rings. The van der Waals surface area contributed by atoms with E-state index in [2.05, 4.69) is 10.6 Å². The third-order valence-corrected chi connectivity index (χ3v) is 2.51.